The quantitative estimate of drug-likeness (QED) is 0.711. The van der Waals surface area contributed by atoms with Gasteiger partial charge in [0, 0.05) is 29.9 Å². The zero-order valence-electron chi connectivity index (χ0n) is 14.4. The highest BCUT2D eigenvalue weighted by molar-refractivity contribution is 5.96. The number of halogens is 1. The largest absolute Gasteiger partial charge is 0.359 e. The van der Waals surface area contributed by atoms with Gasteiger partial charge in [0.25, 0.3) is 5.91 Å². The molecule has 1 aliphatic heterocycles. The molecule has 0 saturated carbocycles. The van der Waals surface area contributed by atoms with Crippen LogP contribution in [0.2, 0.25) is 0 Å². The molecule has 0 bridgehead atoms. The Labute approximate surface area is 150 Å². The van der Waals surface area contributed by atoms with Crippen LogP contribution < -0.4 is 0 Å². The number of amides is 1. The first-order chi connectivity index (χ1) is 12.6. The average molecular weight is 351 g/mol. The molecule has 26 heavy (non-hydrogen) atoms. The van der Waals surface area contributed by atoms with Gasteiger partial charge in [-0.25, -0.2) is 4.39 Å². The van der Waals surface area contributed by atoms with Crippen LogP contribution in [0.25, 0.3) is 11.1 Å². The van der Waals surface area contributed by atoms with Crippen LogP contribution in [-0.4, -0.2) is 27.5 Å². The highest BCUT2D eigenvalue weighted by Gasteiger charge is 2.33. The monoisotopic (exact) mass is 351 g/mol. The Balaban J connectivity index is 1.64. The summed E-state index contributed by atoms with van der Waals surface area (Å²) < 4.78 is 19.4. The van der Waals surface area contributed by atoms with Gasteiger partial charge in [-0.1, -0.05) is 17.3 Å². The van der Waals surface area contributed by atoms with Gasteiger partial charge >= 0.3 is 0 Å². The first kappa shape index (κ1) is 16.4. The topological polar surface area (TPSA) is 59.2 Å². The van der Waals surface area contributed by atoms with Crippen LogP contribution in [0, 0.1) is 12.7 Å². The van der Waals surface area contributed by atoms with Crippen LogP contribution in [0.1, 0.15) is 40.7 Å². The van der Waals surface area contributed by atoms with Crippen molar-refractivity contribution in [3.63, 3.8) is 0 Å². The minimum absolute atomic E-state index is 0.0853. The number of carbonyl (C=O) groups is 1. The van der Waals surface area contributed by atoms with Crippen LogP contribution >= 0.6 is 0 Å². The van der Waals surface area contributed by atoms with Crippen molar-refractivity contribution in [2.45, 2.75) is 25.8 Å². The SMILES string of the molecule is Cc1cc([C@@H]2CCCN2C(=O)c2cccc(-c3ccncc3F)c2)on1. The van der Waals surface area contributed by atoms with E-state index >= 15 is 0 Å². The summed E-state index contributed by atoms with van der Waals surface area (Å²) in [5.74, 6) is 0.218. The fourth-order valence-corrected chi connectivity index (χ4v) is 3.44. The van der Waals surface area contributed by atoms with Gasteiger partial charge in [0.2, 0.25) is 0 Å². The van der Waals surface area contributed by atoms with E-state index in [1.807, 2.05) is 17.9 Å². The maximum atomic E-state index is 14.0. The molecule has 0 N–H and O–H groups in total. The van der Waals surface area contributed by atoms with Gasteiger partial charge < -0.3 is 9.42 Å². The number of hydrogen-bond acceptors (Lipinski definition) is 4. The van der Waals surface area contributed by atoms with Crippen molar-refractivity contribution in [2.75, 3.05) is 6.54 Å². The van der Waals surface area contributed by atoms with Crippen LogP contribution in [0.3, 0.4) is 0 Å². The zero-order chi connectivity index (χ0) is 18.1. The lowest BCUT2D eigenvalue weighted by Crippen LogP contribution is -2.30. The van der Waals surface area contributed by atoms with Crippen molar-refractivity contribution < 1.29 is 13.7 Å². The van der Waals surface area contributed by atoms with Crippen molar-refractivity contribution in [3.05, 3.63) is 71.6 Å². The second kappa shape index (κ2) is 6.71. The van der Waals surface area contributed by atoms with Crippen molar-refractivity contribution in [3.8, 4) is 11.1 Å². The van der Waals surface area contributed by atoms with Crippen molar-refractivity contribution in [1.82, 2.24) is 15.0 Å². The van der Waals surface area contributed by atoms with Crippen molar-refractivity contribution >= 4 is 5.91 Å². The molecule has 0 spiro atoms. The van der Waals surface area contributed by atoms with E-state index in [1.54, 1.807) is 30.3 Å². The Morgan fingerprint density at radius 2 is 2.19 bits per heavy atom. The molecular formula is C20H18FN3O2. The summed E-state index contributed by atoms with van der Waals surface area (Å²) in [6.45, 7) is 2.53. The van der Waals surface area contributed by atoms with E-state index in [9.17, 15) is 9.18 Å². The van der Waals surface area contributed by atoms with Gasteiger partial charge in [0.15, 0.2) is 5.76 Å². The number of rotatable bonds is 3. The van der Waals surface area contributed by atoms with E-state index in [0.29, 0.717) is 29.0 Å². The summed E-state index contributed by atoms with van der Waals surface area (Å²) in [7, 11) is 0. The fourth-order valence-electron chi connectivity index (χ4n) is 3.44. The minimum atomic E-state index is -0.409. The maximum absolute atomic E-state index is 14.0. The van der Waals surface area contributed by atoms with Crippen LogP contribution in [0.4, 0.5) is 4.39 Å². The Kier molecular flexibility index (Phi) is 4.24. The summed E-state index contributed by atoms with van der Waals surface area (Å²) in [5, 5.41) is 3.93. The molecule has 1 aliphatic rings. The molecule has 4 rings (SSSR count). The fraction of sp³-hybridized carbons (Fsp3) is 0.250. The van der Waals surface area contributed by atoms with Gasteiger partial charge in [-0.15, -0.1) is 0 Å². The van der Waals surface area contributed by atoms with Gasteiger partial charge in [-0.3, -0.25) is 9.78 Å². The first-order valence-corrected chi connectivity index (χ1v) is 8.57. The molecular weight excluding hydrogens is 333 g/mol. The van der Waals surface area contributed by atoms with Gasteiger partial charge in [0.05, 0.1) is 17.9 Å². The Bertz CT molecular complexity index is 953. The summed E-state index contributed by atoms with van der Waals surface area (Å²) in [4.78, 5) is 18.6. The van der Waals surface area contributed by atoms with E-state index in [1.165, 1.54) is 12.4 Å². The molecule has 132 valence electrons. The number of pyridine rings is 1. The second-order valence-electron chi connectivity index (χ2n) is 6.46. The van der Waals surface area contributed by atoms with Crippen LogP contribution in [0.5, 0.6) is 0 Å². The smallest absolute Gasteiger partial charge is 0.254 e. The van der Waals surface area contributed by atoms with E-state index in [4.69, 9.17) is 4.52 Å². The lowest BCUT2D eigenvalue weighted by atomic mass is 10.0. The van der Waals surface area contributed by atoms with Crippen LogP contribution in [-0.2, 0) is 0 Å². The maximum Gasteiger partial charge on any atom is 0.254 e. The summed E-state index contributed by atoms with van der Waals surface area (Å²) in [5.41, 5.74) is 2.41. The second-order valence-corrected chi connectivity index (χ2v) is 6.46. The molecule has 6 heteroatoms. The van der Waals surface area contributed by atoms with Crippen LogP contribution in [0.15, 0.2) is 53.3 Å². The highest BCUT2D eigenvalue weighted by atomic mass is 19.1. The molecule has 3 aromatic rings. The predicted octanol–water partition coefficient (Wildman–Crippen LogP) is 4.16. The highest BCUT2D eigenvalue weighted by Crippen LogP contribution is 2.34. The lowest BCUT2D eigenvalue weighted by Gasteiger charge is -2.23. The standard InChI is InChI=1S/C20H18FN3O2/c1-13-10-19(26-23-13)18-6-3-9-24(18)20(25)15-5-2-4-14(11-15)16-7-8-22-12-17(16)21/h2,4-5,7-8,10-12,18H,3,6,9H2,1H3/t18-/m0/s1. The van der Waals surface area contributed by atoms with E-state index in [2.05, 4.69) is 10.1 Å². The number of carbonyl (C=O) groups excluding carboxylic acids is 1. The Morgan fingerprint density at radius 3 is 2.96 bits per heavy atom. The molecule has 0 unspecified atom stereocenters. The summed E-state index contributed by atoms with van der Waals surface area (Å²) in [6, 6.07) is 10.4. The molecule has 1 aromatic carbocycles. The van der Waals surface area contributed by atoms with Gasteiger partial charge in [0.1, 0.15) is 5.82 Å². The first-order valence-electron chi connectivity index (χ1n) is 8.57. The van der Waals surface area contributed by atoms with Crippen molar-refractivity contribution in [2.24, 2.45) is 0 Å². The molecule has 1 amide bonds. The van der Waals surface area contributed by atoms with Crippen molar-refractivity contribution in [1.29, 1.82) is 0 Å². The summed E-state index contributed by atoms with van der Waals surface area (Å²) >= 11 is 0. The number of hydrogen-bond donors (Lipinski definition) is 0. The molecule has 1 saturated heterocycles. The number of likely N-dealkylation sites (tertiary alicyclic amines) is 1. The molecule has 0 aliphatic carbocycles. The Morgan fingerprint density at radius 1 is 1.31 bits per heavy atom. The zero-order valence-corrected chi connectivity index (χ0v) is 14.4. The number of aryl methyl sites for hydroxylation is 1. The molecule has 1 atom stereocenters. The van der Waals surface area contributed by atoms with E-state index < -0.39 is 5.82 Å². The molecule has 5 nitrogen and oxygen atoms in total. The predicted molar refractivity (Wildman–Crippen MR) is 93.9 cm³/mol. The average Bonchev–Trinajstić information content (AvgIpc) is 3.30. The number of benzene rings is 1. The number of nitrogens with zero attached hydrogens (tertiary/aromatic N) is 3. The molecule has 0 radical (unpaired) electrons. The third-order valence-electron chi connectivity index (χ3n) is 4.68. The third kappa shape index (κ3) is 2.98. The minimum Gasteiger partial charge on any atom is -0.359 e. The van der Waals surface area contributed by atoms with Gasteiger partial charge in [-0.05, 0) is 43.5 Å². The molecule has 3 heterocycles. The van der Waals surface area contributed by atoms with E-state index in [0.717, 1.165) is 18.5 Å². The van der Waals surface area contributed by atoms with Gasteiger partial charge in [-0.2, -0.15) is 0 Å². The summed E-state index contributed by atoms with van der Waals surface area (Å²) in [6.07, 6.45) is 4.47. The lowest BCUT2D eigenvalue weighted by molar-refractivity contribution is 0.0714. The molecule has 1 fully saturated rings. The number of aromatic nitrogens is 2. The molecule has 2 aromatic heterocycles. The Hall–Kier alpha value is -3.02. The third-order valence-corrected chi connectivity index (χ3v) is 4.68. The van der Waals surface area contributed by atoms with E-state index in [-0.39, 0.29) is 11.9 Å². The normalized spacial score (nSPS) is 16.8.